The van der Waals surface area contributed by atoms with Crippen LogP contribution in [-0.2, 0) is 9.47 Å². The summed E-state index contributed by atoms with van der Waals surface area (Å²) in [5.74, 6) is 0. The molecule has 0 aromatic carbocycles. The van der Waals surface area contributed by atoms with E-state index < -0.39 is 0 Å². The second-order valence-corrected chi connectivity index (χ2v) is 5.09. The van der Waals surface area contributed by atoms with E-state index in [9.17, 15) is 0 Å². The molecule has 0 saturated heterocycles. The quantitative estimate of drug-likeness (QED) is 0.552. The maximum absolute atomic E-state index is 6.33. The van der Waals surface area contributed by atoms with Gasteiger partial charge in [0.1, 0.15) is 0 Å². The Hall–Kier alpha value is -0.120. The van der Waals surface area contributed by atoms with E-state index in [4.69, 9.17) is 15.2 Å². The van der Waals surface area contributed by atoms with Crippen molar-refractivity contribution >= 4 is 0 Å². The van der Waals surface area contributed by atoms with Crippen molar-refractivity contribution in [3.05, 3.63) is 0 Å². The van der Waals surface area contributed by atoms with Gasteiger partial charge in [-0.25, -0.2) is 0 Å². The lowest BCUT2D eigenvalue weighted by atomic mass is 9.87. The molecule has 0 heterocycles. The monoisotopic (exact) mass is 243 g/mol. The summed E-state index contributed by atoms with van der Waals surface area (Å²) < 4.78 is 11.6. The van der Waals surface area contributed by atoms with Crippen molar-refractivity contribution in [3.8, 4) is 0 Å². The van der Waals surface area contributed by atoms with Crippen molar-refractivity contribution in [1.29, 1.82) is 0 Å². The topological polar surface area (TPSA) is 44.5 Å². The summed E-state index contributed by atoms with van der Waals surface area (Å²) in [6.45, 7) is 6.37. The van der Waals surface area contributed by atoms with Gasteiger partial charge in [-0.2, -0.15) is 0 Å². The Morgan fingerprint density at radius 2 is 1.76 bits per heavy atom. The van der Waals surface area contributed by atoms with Crippen LogP contribution in [0.25, 0.3) is 0 Å². The molecule has 3 heteroatoms. The molecule has 0 aliphatic heterocycles. The van der Waals surface area contributed by atoms with Gasteiger partial charge in [-0.15, -0.1) is 0 Å². The summed E-state index contributed by atoms with van der Waals surface area (Å²) in [6, 6.07) is 0.0205. The van der Waals surface area contributed by atoms with Gasteiger partial charge < -0.3 is 15.2 Å². The fourth-order valence-electron chi connectivity index (χ4n) is 2.74. The lowest BCUT2D eigenvalue weighted by molar-refractivity contribution is -0.0846. The minimum atomic E-state index is -0.126. The van der Waals surface area contributed by atoms with Crippen molar-refractivity contribution in [2.45, 2.75) is 70.4 Å². The van der Waals surface area contributed by atoms with E-state index in [0.717, 1.165) is 32.5 Å². The zero-order valence-corrected chi connectivity index (χ0v) is 11.5. The van der Waals surface area contributed by atoms with Gasteiger partial charge in [0.05, 0.1) is 18.2 Å². The molecule has 0 aromatic rings. The van der Waals surface area contributed by atoms with Crippen LogP contribution in [0.2, 0.25) is 0 Å². The number of hydrogen-bond acceptors (Lipinski definition) is 3. The highest BCUT2D eigenvalue weighted by atomic mass is 16.5. The molecule has 1 saturated carbocycles. The highest BCUT2D eigenvalue weighted by Crippen LogP contribution is 2.33. The number of hydrogen-bond donors (Lipinski definition) is 1. The van der Waals surface area contributed by atoms with Crippen LogP contribution in [0.3, 0.4) is 0 Å². The Labute approximate surface area is 106 Å². The van der Waals surface area contributed by atoms with E-state index >= 15 is 0 Å². The summed E-state index contributed by atoms with van der Waals surface area (Å²) in [5.41, 5.74) is 6.20. The molecule has 0 amide bonds. The van der Waals surface area contributed by atoms with Crippen LogP contribution in [-0.4, -0.2) is 31.5 Å². The number of nitrogens with two attached hydrogens (primary N) is 1. The first-order valence-corrected chi connectivity index (χ1v) is 7.22. The predicted octanol–water partition coefficient (Wildman–Crippen LogP) is 2.87. The van der Waals surface area contributed by atoms with E-state index in [1.165, 1.54) is 25.7 Å². The average molecular weight is 243 g/mol. The van der Waals surface area contributed by atoms with E-state index in [2.05, 4.69) is 13.8 Å². The minimum absolute atomic E-state index is 0.0205. The van der Waals surface area contributed by atoms with Crippen LogP contribution in [0.1, 0.15) is 58.8 Å². The molecule has 1 aliphatic rings. The lowest BCUT2D eigenvalue weighted by Gasteiger charge is -2.38. The third-order valence-electron chi connectivity index (χ3n) is 3.70. The first-order chi connectivity index (χ1) is 8.25. The van der Waals surface area contributed by atoms with E-state index in [1.54, 1.807) is 0 Å². The van der Waals surface area contributed by atoms with Crippen LogP contribution in [0.5, 0.6) is 0 Å². The highest BCUT2D eigenvalue weighted by molar-refractivity contribution is 4.92. The van der Waals surface area contributed by atoms with Gasteiger partial charge in [-0.3, -0.25) is 0 Å². The van der Waals surface area contributed by atoms with Crippen molar-refractivity contribution in [2.24, 2.45) is 5.73 Å². The molecule has 0 spiro atoms. The maximum Gasteiger partial charge on any atom is 0.0855 e. The zero-order valence-electron chi connectivity index (χ0n) is 11.5. The van der Waals surface area contributed by atoms with Crippen molar-refractivity contribution in [2.75, 3.05) is 19.8 Å². The smallest absolute Gasteiger partial charge is 0.0855 e. The van der Waals surface area contributed by atoms with Crippen LogP contribution in [0.15, 0.2) is 0 Å². The molecular weight excluding hydrogens is 214 g/mol. The molecule has 0 radical (unpaired) electrons. The number of rotatable bonds is 7. The standard InChI is InChI=1S/C14H29NO2/c1-3-11-16-12-13(15)14(17-4-2)9-7-5-6-8-10-14/h13H,3-12,15H2,1-2H3. The molecule has 0 bridgehead atoms. The van der Waals surface area contributed by atoms with Crippen molar-refractivity contribution in [1.82, 2.24) is 0 Å². The van der Waals surface area contributed by atoms with Crippen LogP contribution in [0.4, 0.5) is 0 Å². The molecule has 1 atom stereocenters. The molecule has 1 rings (SSSR count). The third kappa shape index (κ3) is 4.57. The Bertz CT molecular complexity index is 189. The van der Waals surface area contributed by atoms with E-state index in [0.29, 0.717) is 6.61 Å². The van der Waals surface area contributed by atoms with Gasteiger partial charge in [0.25, 0.3) is 0 Å². The normalized spacial score (nSPS) is 22.1. The summed E-state index contributed by atoms with van der Waals surface area (Å²) in [7, 11) is 0. The van der Waals surface area contributed by atoms with Crippen LogP contribution in [0, 0.1) is 0 Å². The van der Waals surface area contributed by atoms with Gasteiger partial charge in [0, 0.05) is 13.2 Å². The maximum atomic E-state index is 6.33. The summed E-state index contributed by atoms with van der Waals surface area (Å²) in [5, 5.41) is 0. The molecule has 1 aliphatic carbocycles. The highest BCUT2D eigenvalue weighted by Gasteiger charge is 2.37. The van der Waals surface area contributed by atoms with Gasteiger partial charge in [0.2, 0.25) is 0 Å². The molecule has 1 fully saturated rings. The summed E-state index contributed by atoms with van der Waals surface area (Å²) in [4.78, 5) is 0. The SMILES string of the molecule is CCCOCC(N)C1(OCC)CCCCCC1. The largest absolute Gasteiger partial charge is 0.380 e. The molecular formula is C14H29NO2. The van der Waals surface area contributed by atoms with Crippen LogP contribution < -0.4 is 5.73 Å². The number of ether oxygens (including phenoxy) is 2. The molecule has 2 N–H and O–H groups in total. The Kier molecular flexibility index (Phi) is 7.09. The average Bonchev–Trinajstić information content (AvgIpc) is 2.56. The van der Waals surface area contributed by atoms with E-state index in [1.807, 2.05) is 0 Å². The van der Waals surface area contributed by atoms with Gasteiger partial charge in [0.15, 0.2) is 0 Å². The summed E-state index contributed by atoms with van der Waals surface area (Å²) in [6.07, 6.45) is 8.35. The Balaban J connectivity index is 2.54. The fraction of sp³-hybridized carbons (Fsp3) is 1.00. The minimum Gasteiger partial charge on any atom is -0.380 e. The second-order valence-electron chi connectivity index (χ2n) is 5.09. The van der Waals surface area contributed by atoms with E-state index in [-0.39, 0.29) is 11.6 Å². The molecule has 3 nitrogen and oxygen atoms in total. The van der Waals surface area contributed by atoms with Crippen molar-refractivity contribution < 1.29 is 9.47 Å². The third-order valence-corrected chi connectivity index (χ3v) is 3.70. The van der Waals surface area contributed by atoms with Gasteiger partial charge in [-0.05, 0) is 26.2 Å². The Morgan fingerprint density at radius 1 is 1.12 bits per heavy atom. The van der Waals surface area contributed by atoms with Crippen LogP contribution >= 0.6 is 0 Å². The van der Waals surface area contributed by atoms with Gasteiger partial charge >= 0.3 is 0 Å². The van der Waals surface area contributed by atoms with Gasteiger partial charge in [-0.1, -0.05) is 32.6 Å². The molecule has 102 valence electrons. The van der Waals surface area contributed by atoms with Crippen molar-refractivity contribution in [3.63, 3.8) is 0 Å². The molecule has 0 aromatic heterocycles. The molecule has 17 heavy (non-hydrogen) atoms. The summed E-state index contributed by atoms with van der Waals surface area (Å²) >= 11 is 0. The zero-order chi connectivity index (χ0) is 12.6. The predicted molar refractivity (Wildman–Crippen MR) is 71.1 cm³/mol. The fourth-order valence-corrected chi connectivity index (χ4v) is 2.74. The second kappa shape index (κ2) is 8.06. The lowest BCUT2D eigenvalue weighted by Crippen LogP contribution is -2.52. The molecule has 1 unspecified atom stereocenters. The first kappa shape index (κ1) is 14.9. The first-order valence-electron chi connectivity index (χ1n) is 7.22. The Morgan fingerprint density at radius 3 is 2.29 bits per heavy atom.